The normalized spacial score (nSPS) is 10.6. The molecule has 0 aliphatic heterocycles. The van der Waals surface area contributed by atoms with Crippen molar-refractivity contribution in [1.82, 2.24) is 0 Å². The fourth-order valence-electron chi connectivity index (χ4n) is 15.4. The quantitative estimate of drug-likeness (QED) is 0.0579. The summed E-state index contributed by atoms with van der Waals surface area (Å²) in [6.45, 7) is 28.1. The summed E-state index contributed by atoms with van der Waals surface area (Å²) in [4.78, 5) is 15.3. The lowest BCUT2D eigenvalue weighted by molar-refractivity contribution is 0.870. The first-order chi connectivity index (χ1) is 54.1. The SMILES string of the molecule is C.C.CCN(CC)c1cc(C#Cc2ccc(N(c3ccccc3)c3ccccc3)cc2)c2ccc3c(C#Cc4ccc(N(c5ccccc5)c5ccccc5)cc4)cc(C)c4ccc1c2c43.[C-]#[N+]c1ccc(C#Cc2cc(N(CC)CC)c3ccc4c(N(CC)CC)cc(C#Cc5ccc(C#N)cc5)c5ccc2c3c54)cc1. The van der Waals surface area contributed by atoms with E-state index in [0.717, 1.165) is 139 Å². The summed E-state index contributed by atoms with van der Waals surface area (Å²) in [5.74, 6) is 28.1. The van der Waals surface area contributed by atoms with Gasteiger partial charge in [-0.1, -0.05) is 208 Å². The van der Waals surface area contributed by atoms with Crippen molar-refractivity contribution in [3.05, 3.63) is 358 Å². The van der Waals surface area contributed by atoms with Gasteiger partial charge in [-0.3, -0.25) is 0 Å². The molecule has 16 rings (SSSR count). The Morgan fingerprint density at radius 2 is 0.518 bits per heavy atom. The van der Waals surface area contributed by atoms with Crippen molar-refractivity contribution in [3.8, 4) is 53.4 Å². The van der Waals surface area contributed by atoms with E-state index in [1.54, 1.807) is 0 Å². The number of nitriles is 1. The van der Waals surface area contributed by atoms with Gasteiger partial charge in [0.25, 0.3) is 0 Å². The highest BCUT2D eigenvalue weighted by Gasteiger charge is 2.23. The summed E-state index contributed by atoms with van der Waals surface area (Å²) in [6.07, 6.45) is 0. The van der Waals surface area contributed by atoms with E-state index in [0.29, 0.717) is 11.3 Å². The molecule has 0 unspecified atom stereocenters. The van der Waals surface area contributed by atoms with Gasteiger partial charge in [0.05, 0.1) is 18.2 Å². The van der Waals surface area contributed by atoms with Crippen molar-refractivity contribution in [2.24, 2.45) is 0 Å². The van der Waals surface area contributed by atoms with Gasteiger partial charge in [-0.15, -0.1) is 0 Å². The molecular formula is C105H89N7. The Bertz CT molecular complexity index is 6140. The Morgan fingerprint density at radius 3 is 0.804 bits per heavy atom. The molecule has 0 radical (unpaired) electrons. The first kappa shape index (κ1) is 76.0. The maximum Gasteiger partial charge on any atom is 0.187 e. The van der Waals surface area contributed by atoms with Crippen LogP contribution in [0.3, 0.4) is 0 Å². The maximum atomic E-state index is 9.22. The molecule has 0 aliphatic rings. The molecule has 0 fully saturated rings. The molecule has 0 atom stereocenters. The van der Waals surface area contributed by atoms with Gasteiger partial charge in [-0.25, -0.2) is 4.85 Å². The predicted octanol–water partition coefficient (Wildman–Crippen LogP) is 26.2. The third-order valence-corrected chi connectivity index (χ3v) is 20.9. The molecule has 0 saturated heterocycles. The van der Waals surface area contributed by atoms with Crippen molar-refractivity contribution in [3.63, 3.8) is 0 Å². The van der Waals surface area contributed by atoms with Crippen LogP contribution < -0.4 is 24.5 Å². The second-order valence-electron chi connectivity index (χ2n) is 27.2. The molecule has 0 spiro atoms. The van der Waals surface area contributed by atoms with Gasteiger partial charge in [-0.05, 0) is 232 Å². The van der Waals surface area contributed by atoms with Crippen molar-refractivity contribution >= 4 is 122 Å². The van der Waals surface area contributed by atoms with Gasteiger partial charge in [0.15, 0.2) is 5.69 Å². The molecular weight excluding hydrogens is 1360 g/mol. The Labute approximate surface area is 661 Å². The third-order valence-electron chi connectivity index (χ3n) is 20.9. The Balaban J connectivity index is 0.000000203. The fourth-order valence-corrected chi connectivity index (χ4v) is 15.4. The zero-order valence-electron chi connectivity index (χ0n) is 63.1. The summed E-state index contributed by atoms with van der Waals surface area (Å²) in [7, 11) is 0. The lowest BCUT2D eigenvalue weighted by Crippen LogP contribution is -2.23. The molecule has 544 valence electrons. The zero-order valence-corrected chi connectivity index (χ0v) is 63.1. The van der Waals surface area contributed by atoms with E-state index in [4.69, 9.17) is 6.57 Å². The number of hydrogen-bond donors (Lipinski definition) is 0. The van der Waals surface area contributed by atoms with Gasteiger partial charge in [0, 0.05) is 167 Å². The van der Waals surface area contributed by atoms with Crippen molar-refractivity contribution in [2.45, 2.75) is 63.3 Å². The minimum atomic E-state index is 0. The van der Waals surface area contributed by atoms with Crippen LogP contribution in [-0.4, -0.2) is 39.3 Å². The Morgan fingerprint density at radius 1 is 0.277 bits per heavy atom. The number of aryl methyl sites for hydroxylation is 1. The van der Waals surface area contributed by atoms with Crippen LogP contribution in [0.15, 0.2) is 291 Å². The second-order valence-corrected chi connectivity index (χ2v) is 27.2. The van der Waals surface area contributed by atoms with Crippen LogP contribution in [0, 0.1) is 72.2 Å². The van der Waals surface area contributed by atoms with Crippen molar-refractivity contribution in [2.75, 3.05) is 63.8 Å². The van der Waals surface area contributed by atoms with Crippen LogP contribution >= 0.6 is 0 Å². The molecule has 112 heavy (non-hydrogen) atoms. The minimum absolute atomic E-state index is 0. The topological polar surface area (TPSA) is 44.4 Å². The lowest BCUT2D eigenvalue weighted by Gasteiger charge is -2.27. The van der Waals surface area contributed by atoms with E-state index >= 15 is 0 Å². The number of anilines is 9. The molecule has 16 aromatic rings. The van der Waals surface area contributed by atoms with E-state index in [1.807, 2.05) is 48.5 Å². The Kier molecular flexibility index (Phi) is 23.3. The summed E-state index contributed by atoms with van der Waals surface area (Å²) in [5.41, 5.74) is 20.3. The van der Waals surface area contributed by atoms with Crippen LogP contribution in [0.1, 0.15) is 112 Å². The molecule has 16 aromatic carbocycles. The van der Waals surface area contributed by atoms with E-state index in [1.165, 1.54) is 65.7 Å². The predicted molar refractivity (Wildman–Crippen MR) is 479 cm³/mol. The molecule has 0 bridgehead atoms. The molecule has 0 heterocycles. The third kappa shape index (κ3) is 15.2. The minimum Gasteiger partial charge on any atom is -0.372 e. The molecule has 7 nitrogen and oxygen atoms in total. The van der Waals surface area contributed by atoms with Crippen LogP contribution in [0.5, 0.6) is 0 Å². The van der Waals surface area contributed by atoms with E-state index in [-0.39, 0.29) is 14.9 Å². The van der Waals surface area contributed by atoms with Gasteiger partial charge in [-0.2, -0.15) is 5.26 Å². The summed E-state index contributed by atoms with van der Waals surface area (Å²) in [5, 5.41) is 23.6. The van der Waals surface area contributed by atoms with Crippen LogP contribution in [-0.2, 0) is 0 Å². The largest absolute Gasteiger partial charge is 0.372 e. The molecule has 0 aromatic heterocycles. The summed E-state index contributed by atoms with van der Waals surface area (Å²) < 4.78 is 0. The standard InChI is InChI=1S/C61H47N3.C42H34N4.2CH4/c1-4-62(5-2)59-43-48(33-27-46-30-36-54(37-31-46)64(51-22-14-8-15-23-51)52-24-16-9-17-25-52)57-40-39-56-47(42-44(3)55-38-41-58(59)61(57)60(55)56)32-26-45-28-34-53(35-29-45)63(49-18-10-6-11-19-49)50-20-12-7-13-21-50;1-6-45(7-2)39-26-32(18-14-29-10-12-31(28-43)13-11-29)35-22-23-36-33(19-15-30-16-20-34(44-5)21-17-30)27-40(46(8-3)9-4)38-25-24-37(39)41(35)42(36)38;;/h6-25,28-31,34-43H,4-5H2,1-3H3;10-13,16-17,20-27H,6-9H2,1-4H3;2*1H4. The highest BCUT2D eigenvalue weighted by atomic mass is 15.2. The maximum absolute atomic E-state index is 9.22. The van der Waals surface area contributed by atoms with Gasteiger partial charge >= 0.3 is 0 Å². The number of para-hydroxylation sites is 4. The van der Waals surface area contributed by atoms with Crippen LogP contribution in [0.4, 0.5) is 56.9 Å². The number of benzene rings is 16. The van der Waals surface area contributed by atoms with Crippen molar-refractivity contribution < 1.29 is 0 Å². The second kappa shape index (κ2) is 34.4. The van der Waals surface area contributed by atoms with Gasteiger partial charge in [0.2, 0.25) is 0 Å². The fraction of sp³-hybridized carbons (Fsp3) is 0.143. The molecule has 0 aliphatic carbocycles. The number of hydrogen-bond acceptors (Lipinski definition) is 6. The first-order valence-corrected chi connectivity index (χ1v) is 38.0. The Hall–Kier alpha value is -14.2. The highest BCUT2D eigenvalue weighted by molar-refractivity contribution is 6.30. The van der Waals surface area contributed by atoms with Crippen molar-refractivity contribution in [1.29, 1.82) is 5.26 Å². The number of rotatable bonds is 15. The first-order valence-electron chi connectivity index (χ1n) is 38.0. The van der Waals surface area contributed by atoms with E-state index < -0.39 is 0 Å². The average molecular weight is 1450 g/mol. The lowest BCUT2D eigenvalue weighted by atomic mass is 9.87. The van der Waals surface area contributed by atoms with E-state index in [9.17, 15) is 5.26 Å². The molecule has 0 amide bonds. The molecule has 0 saturated carbocycles. The summed E-state index contributed by atoms with van der Waals surface area (Å²) >= 11 is 0. The van der Waals surface area contributed by atoms with E-state index in [2.05, 4.69) is 374 Å². The number of nitrogens with zero attached hydrogens (tertiary/aromatic N) is 7. The van der Waals surface area contributed by atoms with Gasteiger partial charge < -0.3 is 24.5 Å². The zero-order chi connectivity index (χ0) is 75.6. The smallest absolute Gasteiger partial charge is 0.187 e. The van der Waals surface area contributed by atoms with Crippen LogP contribution in [0.25, 0.3) is 69.5 Å². The monoisotopic (exact) mass is 1450 g/mol. The average Bonchev–Trinajstić information content (AvgIpc) is 0.719. The van der Waals surface area contributed by atoms with Crippen LogP contribution in [0.2, 0.25) is 0 Å². The molecule has 0 N–H and O–H groups in total. The van der Waals surface area contributed by atoms with Gasteiger partial charge in [0.1, 0.15) is 0 Å². The highest BCUT2D eigenvalue weighted by Crippen LogP contribution is 2.47. The summed E-state index contributed by atoms with van der Waals surface area (Å²) in [6, 6.07) is 103. The molecule has 7 heteroatoms.